The van der Waals surface area contributed by atoms with Crippen LogP contribution in [0, 0.1) is 17.2 Å². The first-order valence-electron chi connectivity index (χ1n) is 8.30. The fourth-order valence-electron chi connectivity index (χ4n) is 3.08. The molecule has 3 aliphatic rings. The summed E-state index contributed by atoms with van der Waals surface area (Å²) in [4.78, 5) is 5.16. The van der Waals surface area contributed by atoms with E-state index in [4.69, 9.17) is 0 Å². The minimum Gasteiger partial charge on any atom is -0.301 e. The lowest BCUT2D eigenvalue weighted by molar-refractivity contribution is 0.122. The van der Waals surface area contributed by atoms with Crippen LogP contribution in [0.15, 0.2) is 0 Å². The van der Waals surface area contributed by atoms with Crippen molar-refractivity contribution in [2.24, 2.45) is 5.92 Å². The molecule has 3 fully saturated rings. The number of nitrogens with one attached hydrogen (secondary N) is 1. The van der Waals surface area contributed by atoms with Crippen LogP contribution in [0.4, 0.5) is 0 Å². The van der Waals surface area contributed by atoms with Gasteiger partial charge in [0.1, 0.15) is 5.54 Å². The van der Waals surface area contributed by atoms with E-state index in [9.17, 15) is 5.26 Å². The molecule has 1 unspecified atom stereocenters. The van der Waals surface area contributed by atoms with E-state index in [0.29, 0.717) is 6.04 Å². The van der Waals surface area contributed by atoms with Crippen LogP contribution in [0.2, 0.25) is 0 Å². The molecule has 20 heavy (non-hydrogen) atoms. The van der Waals surface area contributed by atoms with Crippen molar-refractivity contribution >= 4 is 0 Å². The van der Waals surface area contributed by atoms with Gasteiger partial charge in [-0.15, -0.1) is 0 Å². The molecule has 0 spiro atoms. The van der Waals surface area contributed by atoms with Gasteiger partial charge < -0.3 is 9.80 Å². The molecule has 112 valence electrons. The van der Waals surface area contributed by atoms with Crippen LogP contribution in [0.25, 0.3) is 0 Å². The minimum absolute atomic E-state index is 0.327. The van der Waals surface area contributed by atoms with E-state index in [1.807, 2.05) is 0 Å². The largest absolute Gasteiger partial charge is 0.301 e. The fourth-order valence-corrected chi connectivity index (χ4v) is 3.08. The molecule has 1 heterocycles. The molecular formula is C16H28N4. The van der Waals surface area contributed by atoms with E-state index >= 15 is 0 Å². The van der Waals surface area contributed by atoms with Crippen molar-refractivity contribution in [1.29, 1.82) is 5.26 Å². The minimum atomic E-state index is -0.327. The van der Waals surface area contributed by atoms with Gasteiger partial charge in [-0.3, -0.25) is 5.32 Å². The third-order valence-corrected chi connectivity index (χ3v) is 4.95. The zero-order chi connectivity index (χ0) is 14.0. The van der Waals surface area contributed by atoms with E-state index in [0.717, 1.165) is 18.9 Å². The third-order valence-electron chi connectivity index (χ3n) is 4.95. The number of hydrogen-bond acceptors (Lipinski definition) is 4. The number of piperazine rings is 1. The maximum absolute atomic E-state index is 9.40. The van der Waals surface area contributed by atoms with Crippen molar-refractivity contribution < 1.29 is 0 Å². The first kappa shape index (κ1) is 14.3. The molecule has 4 nitrogen and oxygen atoms in total. The molecule has 0 amide bonds. The maximum atomic E-state index is 9.40. The number of nitrogens with zero attached hydrogens (tertiary/aromatic N) is 3. The smallest absolute Gasteiger partial charge is 0.105 e. The molecule has 0 aromatic heterocycles. The average molecular weight is 276 g/mol. The van der Waals surface area contributed by atoms with Crippen molar-refractivity contribution in [3.05, 3.63) is 0 Å². The Bertz CT molecular complexity index is 361. The molecule has 2 saturated carbocycles. The zero-order valence-electron chi connectivity index (χ0n) is 12.8. The fraction of sp³-hybridized carbons (Fsp3) is 0.938. The van der Waals surface area contributed by atoms with Gasteiger partial charge in [0.05, 0.1) is 6.07 Å². The molecule has 2 aliphatic carbocycles. The van der Waals surface area contributed by atoms with Crippen molar-refractivity contribution in [2.75, 3.05) is 39.3 Å². The van der Waals surface area contributed by atoms with Crippen molar-refractivity contribution in [1.82, 2.24) is 15.1 Å². The first-order chi connectivity index (χ1) is 9.67. The van der Waals surface area contributed by atoms with Crippen molar-refractivity contribution in [2.45, 2.75) is 50.6 Å². The van der Waals surface area contributed by atoms with Crippen LogP contribution in [0.3, 0.4) is 0 Å². The van der Waals surface area contributed by atoms with Gasteiger partial charge in [-0.05, 0) is 44.9 Å². The van der Waals surface area contributed by atoms with Crippen LogP contribution < -0.4 is 5.32 Å². The molecule has 0 aromatic rings. The van der Waals surface area contributed by atoms with Gasteiger partial charge in [-0.2, -0.15) is 5.26 Å². The third kappa shape index (κ3) is 4.18. The standard InChI is InChI=1S/C16H28N4/c1-16(13-17,18-15-4-5-15)6-7-19-8-10-20(11-9-19)12-14-2-3-14/h14-15,18H,2-12H2,1H3. The summed E-state index contributed by atoms with van der Waals surface area (Å²) in [5, 5.41) is 12.9. The predicted molar refractivity (Wildman–Crippen MR) is 80.4 cm³/mol. The first-order valence-corrected chi connectivity index (χ1v) is 8.30. The lowest BCUT2D eigenvalue weighted by Crippen LogP contribution is -2.50. The van der Waals surface area contributed by atoms with E-state index in [2.05, 4.69) is 28.1 Å². The van der Waals surface area contributed by atoms with Crippen LogP contribution >= 0.6 is 0 Å². The summed E-state index contributed by atoms with van der Waals surface area (Å²) < 4.78 is 0. The summed E-state index contributed by atoms with van der Waals surface area (Å²) in [6.45, 7) is 9.24. The van der Waals surface area contributed by atoms with E-state index in [-0.39, 0.29) is 5.54 Å². The lowest BCUT2D eigenvalue weighted by Gasteiger charge is -2.36. The van der Waals surface area contributed by atoms with Crippen molar-refractivity contribution in [3.8, 4) is 6.07 Å². The van der Waals surface area contributed by atoms with Crippen LogP contribution in [-0.2, 0) is 0 Å². The van der Waals surface area contributed by atoms with Crippen LogP contribution in [-0.4, -0.2) is 60.6 Å². The van der Waals surface area contributed by atoms with E-state index in [1.54, 1.807) is 0 Å². The number of hydrogen-bond donors (Lipinski definition) is 1. The lowest BCUT2D eigenvalue weighted by atomic mass is 9.99. The Balaban J connectivity index is 1.36. The van der Waals surface area contributed by atoms with Gasteiger partial charge in [-0.1, -0.05) is 0 Å². The van der Waals surface area contributed by atoms with Gasteiger partial charge in [0.15, 0.2) is 0 Å². The van der Waals surface area contributed by atoms with Gasteiger partial charge in [0, 0.05) is 45.3 Å². The summed E-state index contributed by atoms with van der Waals surface area (Å²) in [5.74, 6) is 1.01. The van der Waals surface area contributed by atoms with Gasteiger partial charge in [-0.25, -0.2) is 0 Å². The normalized spacial score (nSPS) is 28.0. The Kier molecular flexibility index (Phi) is 4.30. The van der Waals surface area contributed by atoms with Gasteiger partial charge in [0.25, 0.3) is 0 Å². The number of rotatable bonds is 7. The molecule has 1 saturated heterocycles. The molecule has 1 aliphatic heterocycles. The second kappa shape index (κ2) is 6.01. The monoisotopic (exact) mass is 276 g/mol. The molecule has 0 aromatic carbocycles. The zero-order valence-corrected chi connectivity index (χ0v) is 12.8. The summed E-state index contributed by atoms with van der Waals surface area (Å²) in [6, 6.07) is 3.09. The summed E-state index contributed by atoms with van der Waals surface area (Å²) >= 11 is 0. The highest BCUT2D eigenvalue weighted by Gasteiger charge is 2.33. The Hall–Kier alpha value is -0.630. The SMILES string of the molecule is CC(C#N)(CCN1CCN(CC2CC2)CC1)NC1CC1. The van der Waals surface area contributed by atoms with Gasteiger partial charge >= 0.3 is 0 Å². The highest BCUT2D eigenvalue weighted by atomic mass is 15.3. The summed E-state index contributed by atoms with van der Waals surface area (Å²) in [5.41, 5.74) is -0.327. The molecule has 1 atom stereocenters. The van der Waals surface area contributed by atoms with Crippen molar-refractivity contribution in [3.63, 3.8) is 0 Å². The topological polar surface area (TPSA) is 42.3 Å². The van der Waals surface area contributed by atoms with Crippen LogP contribution in [0.5, 0.6) is 0 Å². The Labute approximate surface area is 123 Å². The highest BCUT2D eigenvalue weighted by molar-refractivity contribution is 5.07. The summed E-state index contributed by atoms with van der Waals surface area (Å²) in [7, 11) is 0. The Morgan fingerprint density at radius 1 is 1.10 bits per heavy atom. The molecular weight excluding hydrogens is 248 g/mol. The Morgan fingerprint density at radius 2 is 1.75 bits per heavy atom. The summed E-state index contributed by atoms with van der Waals surface area (Å²) in [6.07, 6.45) is 6.35. The molecule has 3 rings (SSSR count). The average Bonchev–Trinajstić information content (AvgIpc) is 3.35. The Morgan fingerprint density at radius 3 is 2.30 bits per heavy atom. The molecule has 0 bridgehead atoms. The van der Waals surface area contributed by atoms with E-state index in [1.165, 1.54) is 58.4 Å². The van der Waals surface area contributed by atoms with Gasteiger partial charge in [0.2, 0.25) is 0 Å². The van der Waals surface area contributed by atoms with Crippen LogP contribution in [0.1, 0.15) is 39.0 Å². The predicted octanol–water partition coefficient (Wildman–Crippen LogP) is 1.44. The highest BCUT2D eigenvalue weighted by Crippen LogP contribution is 2.30. The quantitative estimate of drug-likeness (QED) is 0.764. The number of nitriles is 1. The second-order valence-electron chi connectivity index (χ2n) is 7.20. The maximum Gasteiger partial charge on any atom is 0.105 e. The molecule has 0 radical (unpaired) electrons. The second-order valence-corrected chi connectivity index (χ2v) is 7.20. The molecule has 1 N–H and O–H groups in total. The molecule has 4 heteroatoms. The van der Waals surface area contributed by atoms with E-state index < -0.39 is 0 Å².